The molecule has 3 rings (SSSR count). The van der Waals surface area contributed by atoms with Gasteiger partial charge in [-0.15, -0.1) is 0 Å². The molecule has 1 fully saturated rings. The smallest absolute Gasteiger partial charge is 0.314 e. The Morgan fingerprint density at radius 3 is 2.44 bits per heavy atom. The molecule has 1 aliphatic heterocycles. The van der Waals surface area contributed by atoms with Crippen LogP contribution in [-0.2, 0) is 10.2 Å². The molecule has 1 N–H and O–H groups in total. The number of ether oxygens (including phenoxy) is 2. The Morgan fingerprint density at radius 2 is 1.83 bits per heavy atom. The predicted molar refractivity (Wildman–Crippen MR) is 65.4 cm³/mol. The maximum absolute atomic E-state index is 11.6. The zero-order valence-electron chi connectivity index (χ0n) is 9.74. The van der Waals surface area contributed by atoms with Crippen LogP contribution in [0.5, 0.6) is 11.5 Å². The lowest BCUT2D eigenvalue weighted by Gasteiger charge is -2.25. The first-order valence-corrected chi connectivity index (χ1v) is 6.34. The van der Waals surface area contributed by atoms with E-state index in [9.17, 15) is 9.90 Å². The summed E-state index contributed by atoms with van der Waals surface area (Å²) in [6.07, 6.45) is 3.08. The quantitative estimate of drug-likeness (QED) is 0.896. The van der Waals surface area contributed by atoms with Gasteiger partial charge in [0.2, 0.25) is 6.79 Å². The number of hydrogen-bond donors (Lipinski definition) is 1. The van der Waals surface area contributed by atoms with Crippen LogP contribution in [0, 0.1) is 0 Å². The van der Waals surface area contributed by atoms with Crippen molar-refractivity contribution >= 4 is 17.6 Å². The fraction of sp³-hybridized carbons (Fsp3) is 0.462. The van der Waals surface area contributed by atoms with Crippen LogP contribution >= 0.6 is 11.6 Å². The van der Waals surface area contributed by atoms with E-state index in [2.05, 4.69) is 0 Å². The maximum atomic E-state index is 11.6. The van der Waals surface area contributed by atoms with Gasteiger partial charge in [-0.3, -0.25) is 4.79 Å². The average Bonchev–Trinajstić information content (AvgIpc) is 2.95. The number of carbonyl (C=O) groups is 1. The summed E-state index contributed by atoms with van der Waals surface area (Å²) in [4.78, 5) is 11.6. The second-order valence-corrected chi connectivity index (χ2v) is 5.19. The Morgan fingerprint density at radius 1 is 1.22 bits per heavy atom. The summed E-state index contributed by atoms with van der Waals surface area (Å²) < 4.78 is 10.5. The fourth-order valence-corrected chi connectivity index (χ4v) is 3.20. The van der Waals surface area contributed by atoms with Crippen LogP contribution in [0.1, 0.15) is 31.2 Å². The van der Waals surface area contributed by atoms with Gasteiger partial charge >= 0.3 is 5.97 Å². The highest BCUT2D eigenvalue weighted by atomic mass is 35.5. The number of halogens is 1. The number of fused-ring (bicyclic) bond motifs is 1. The molecule has 0 spiro atoms. The van der Waals surface area contributed by atoms with Crippen LogP contribution in [0.3, 0.4) is 0 Å². The highest BCUT2D eigenvalue weighted by Gasteiger charge is 2.45. The van der Waals surface area contributed by atoms with Gasteiger partial charge in [0.25, 0.3) is 0 Å². The Kier molecular flexibility index (Phi) is 2.63. The van der Waals surface area contributed by atoms with Crippen LogP contribution in [0.2, 0.25) is 5.02 Å². The summed E-state index contributed by atoms with van der Waals surface area (Å²) in [6.45, 7) is 0.162. The van der Waals surface area contributed by atoms with E-state index in [0.717, 1.165) is 12.8 Å². The molecule has 0 amide bonds. The highest BCUT2D eigenvalue weighted by molar-refractivity contribution is 6.32. The Balaban J connectivity index is 2.13. The van der Waals surface area contributed by atoms with Crippen LogP contribution in [0.15, 0.2) is 12.1 Å². The Bertz CT molecular complexity index is 506. The van der Waals surface area contributed by atoms with Gasteiger partial charge in [0, 0.05) is 11.1 Å². The molecule has 1 aromatic rings. The zero-order chi connectivity index (χ0) is 12.8. The summed E-state index contributed by atoms with van der Waals surface area (Å²) in [7, 11) is 0. The molecule has 0 atom stereocenters. The van der Waals surface area contributed by atoms with Crippen molar-refractivity contribution in [3.05, 3.63) is 22.7 Å². The molecule has 0 saturated heterocycles. The number of benzene rings is 1. The van der Waals surface area contributed by atoms with E-state index < -0.39 is 11.4 Å². The van der Waals surface area contributed by atoms with E-state index >= 15 is 0 Å². The van der Waals surface area contributed by atoms with E-state index in [1.807, 2.05) is 0 Å². The largest absolute Gasteiger partial charge is 0.481 e. The van der Waals surface area contributed by atoms with Crippen molar-refractivity contribution in [2.24, 2.45) is 0 Å². The summed E-state index contributed by atoms with van der Waals surface area (Å²) in [5, 5.41) is 10.0. The third-order valence-electron chi connectivity index (χ3n) is 3.84. The standard InChI is InChI=1S/C13H13ClO4/c14-9-6-11-10(17-7-18-11)5-8(9)13(12(15)16)3-1-2-4-13/h5-6H,1-4,7H2,(H,15,16). The molecule has 2 aliphatic rings. The molecule has 5 heteroatoms. The van der Waals surface area contributed by atoms with Crippen molar-refractivity contribution in [2.45, 2.75) is 31.1 Å². The van der Waals surface area contributed by atoms with Crippen LogP contribution in [-0.4, -0.2) is 17.9 Å². The second kappa shape index (κ2) is 4.05. The molecular weight excluding hydrogens is 256 g/mol. The van der Waals surface area contributed by atoms with Gasteiger partial charge in [-0.25, -0.2) is 0 Å². The van der Waals surface area contributed by atoms with Crippen molar-refractivity contribution in [1.82, 2.24) is 0 Å². The lowest BCUT2D eigenvalue weighted by Crippen LogP contribution is -2.32. The molecule has 0 unspecified atom stereocenters. The molecule has 0 radical (unpaired) electrons. The molecule has 96 valence electrons. The van der Waals surface area contributed by atoms with E-state index in [4.69, 9.17) is 21.1 Å². The van der Waals surface area contributed by atoms with Gasteiger partial charge in [-0.05, 0) is 24.5 Å². The van der Waals surface area contributed by atoms with E-state index in [1.165, 1.54) is 0 Å². The van der Waals surface area contributed by atoms with Crippen molar-refractivity contribution in [3.63, 3.8) is 0 Å². The minimum Gasteiger partial charge on any atom is -0.481 e. The normalized spacial score (nSPS) is 20.1. The number of aliphatic carboxylic acids is 1. The molecular formula is C13H13ClO4. The Labute approximate surface area is 109 Å². The molecule has 1 saturated carbocycles. The average molecular weight is 269 g/mol. The van der Waals surface area contributed by atoms with Gasteiger partial charge in [-0.2, -0.15) is 0 Å². The molecule has 1 heterocycles. The summed E-state index contributed by atoms with van der Waals surface area (Å²) in [6, 6.07) is 3.38. The minimum absolute atomic E-state index is 0.162. The third kappa shape index (κ3) is 1.56. The molecule has 1 aliphatic carbocycles. The monoisotopic (exact) mass is 268 g/mol. The summed E-state index contributed by atoms with van der Waals surface area (Å²) in [5.41, 5.74) is -0.212. The van der Waals surface area contributed by atoms with Crippen molar-refractivity contribution in [2.75, 3.05) is 6.79 Å². The van der Waals surface area contributed by atoms with Gasteiger partial charge < -0.3 is 14.6 Å². The SMILES string of the molecule is O=C(O)C1(c2cc3c(cc2Cl)OCO3)CCCC1. The molecule has 4 nitrogen and oxygen atoms in total. The van der Waals surface area contributed by atoms with Crippen LogP contribution in [0.25, 0.3) is 0 Å². The van der Waals surface area contributed by atoms with Gasteiger partial charge in [0.05, 0.1) is 5.41 Å². The lowest BCUT2D eigenvalue weighted by molar-refractivity contribution is -0.143. The van der Waals surface area contributed by atoms with Gasteiger partial charge in [0.1, 0.15) is 0 Å². The number of hydrogen-bond acceptors (Lipinski definition) is 3. The van der Waals surface area contributed by atoms with E-state index in [1.54, 1.807) is 12.1 Å². The first kappa shape index (κ1) is 11.7. The fourth-order valence-electron chi connectivity index (χ4n) is 2.86. The predicted octanol–water partition coefficient (Wildman–Crippen LogP) is 2.97. The molecule has 0 aromatic heterocycles. The zero-order valence-corrected chi connectivity index (χ0v) is 10.5. The molecule has 0 bridgehead atoms. The lowest BCUT2D eigenvalue weighted by atomic mass is 9.79. The van der Waals surface area contributed by atoms with Crippen LogP contribution < -0.4 is 9.47 Å². The van der Waals surface area contributed by atoms with E-state index in [-0.39, 0.29) is 6.79 Å². The number of carboxylic acid groups (broad SMARTS) is 1. The second-order valence-electron chi connectivity index (χ2n) is 4.78. The first-order valence-electron chi connectivity index (χ1n) is 5.96. The molecule has 18 heavy (non-hydrogen) atoms. The van der Waals surface area contributed by atoms with Crippen molar-refractivity contribution < 1.29 is 19.4 Å². The third-order valence-corrected chi connectivity index (χ3v) is 4.16. The summed E-state index contributed by atoms with van der Waals surface area (Å²) in [5.74, 6) is 0.366. The van der Waals surface area contributed by atoms with Gasteiger partial charge in [-0.1, -0.05) is 24.4 Å². The van der Waals surface area contributed by atoms with Crippen LogP contribution in [0.4, 0.5) is 0 Å². The maximum Gasteiger partial charge on any atom is 0.314 e. The minimum atomic E-state index is -0.863. The van der Waals surface area contributed by atoms with E-state index in [0.29, 0.717) is 34.9 Å². The number of carboxylic acids is 1. The van der Waals surface area contributed by atoms with Crippen molar-refractivity contribution in [3.8, 4) is 11.5 Å². The van der Waals surface area contributed by atoms with Gasteiger partial charge in [0.15, 0.2) is 11.5 Å². The molecule has 1 aromatic carbocycles. The highest BCUT2D eigenvalue weighted by Crippen LogP contribution is 2.48. The number of rotatable bonds is 2. The first-order chi connectivity index (χ1) is 8.63. The topological polar surface area (TPSA) is 55.8 Å². The Hall–Kier alpha value is -1.42. The van der Waals surface area contributed by atoms with Crippen molar-refractivity contribution in [1.29, 1.82) is 0 Å². The summed E-state index contributed by atoms with van der Waals surface area (Å²) >= 11 is 6.22.